The van der Waals surface area contributed by atoms with Crippen molar-refractivity contribution in [3.63, 3.8) is 0 Å². The second kappa shape index (κ2) is 8.77. The molecule has 7 nitrogen and oxygen atoms in total. The van der Waals surface area contributed by atoms with Gasteiger partial charge < -0.3 is 9.30 Å². The Morgan fingerprint density at radius 1 is 0.806 bits per heavy atom. The number of nitrogens with zero attached hydrogens (tertiary/aromatic N) is 5. The van der Waals surface area contributed by atoms with E-state index in [0.717, 1.165) is 27.9 Å². The van der Waals surface area contributed by atoms with Crippen LogP contribution in [0.5, 0.6) is 5.75 Å². The van der Waals surface area contributed by atoms with Gasteiger partial charge in [0.2, 0.25) is 0 Å². The van der Waals surface area contributed by atoms with Crippen molar-refractivity contribution in [2.45, 2.75) is 20.0 Å². The van der Waals surface area contributed by atoms with Crippen LogP contribution in [-0.4, -0.2) is 31.2 Å². The minimum Gasteiger partial charge on any atom is -0.496 e. The number of aromatic nitrogens is 5. The molecule has 0 unspecified atom stereocenters. The molecule has 0 aliphatic carbocycles. The summed E-state index contributed by atoms with van der Waals surface area (Å²) in [5.74, 6) is 1.37. The average Bonchev–Trinajstić information content (AvgIpc) is 3.18. The van der Waals surface area contributed by atoms with Crippen LogP contribution in [0, 0.1) is 6.92 Å². The lowest BCUT2D eigenvalue weighted by atomic mass is 10.2. The lowest BCUT2D eigenvalue weighted by Gasteiger charge is -2.12. The van der Waals surface area contributed by atoms with E-state index in [2.05, 4.69) is 0 Å². The third-order valence-corrected chi connectivity index (χ3v) is 6.67. The highest BCUT2D eigenvalue weighted by Gasteiger charge is 2.22. The highest BCUT2D eigenvalue weighted by molar-refractivity contribution is 6.30. The number of methoxy groups -OCH3 is 1. The van der Waals surface area contributed by atoms with Gasteiger partial charge in [0, 0.05) is 10.6 Å². The number of fused-ring (bicyclic) bond motifs is 4. The summed E-state index contributed by atoms with van der Waals surface area (Å²) in [6, 6.07) is 22.9. The molecule has 3 aromatic carbocycles. The third kappa shape index (κ3) is 3.69. The smallest absolute Gasteiger partial charge is 0.265 e. The number of rotatable bonds is 5. The molecular weight excluding hydrogens is 474 g/mol. The summed E-state index contributed by atoms with van der Waals surface area (Å²) in [6.07, 6.45) is 0. The third-order valence-electron chi connectivity index (χ3n) is 6.42. The van der Waals surface area contributed by atoms with E-state index in [9.17, 15) is 4.79 Å². The number of aryl methyl sites for hydroxylation is 1. The Bertz CT molecular complexity index is 1820. The molecule has 0 aliphatic heterocycles. The van der Waals surface area contributed by atoms with Gasteiger partial charge in [-0.3, -0.25) is 9.36 Å². The first-order valence-electron chi connectivity index (χ1n) is 11.6. The van der Waals surface area contributed by atoms with Gasteiger partial charge in [-0.05, 0) is 42.8 Å². The normalized spacial score (nSPS) is 11.5. The molecule has 0 fully saturated rings. The van der Waals surface area contributed by atoms with Crippen LogP contribution in [0.15, 0.2) is 77.6 Å². The quantitative estimate of drug-likeness (QED) is 0.322. The van der Waals surface area contributed by atoms with E-state index in [0.29, 0.717) is 46.1 Å². The largest absolute Gasteiger partial charge is 0.496 e. The predicted octanol–water partition coefficient (Wildman–Crippen LogP) is 5.36. The number of benzene rings is 3. The molecule has 0 aliphatic rings. The van der Waals surface area contributed by atoms with Crippen LogP contribution in [0.25, 0.3) is 33.2 Å². The summed E-state index contributed by atoms with van der Waals surface area (Å²) < 4.78 is 9.22. The van der Waals surface area contributed by atoms with E-state index >= 15 is 0 Å². The molecule has 3 aromatic heterocycles. The molecule has 0 saturated heterocycles. The van der Waals surface area contributed by atoms with E-state index in [-0.39, 0.29) is 5.56 Å². The highest BCUT2D eigenvalue weighted by atomic mass is 35.5. The van der Waals surface area contributed by atoms with Crippen LogP contribution in [0.4, 0.5) is 0 Å². The molecule has 0 bridgehead atoms. The zero-order valence-corrected chi connectivity index (χ0v) is 20.5. The fourth-order valence-corrected chi connectivity index (χ4v) is 4.73. The molecule has 178 valence electrons. The van der Waals surface area contributed by atoms with E-state index < -0.39 is 0 Å². The van der Waals surface area contributed by atoms with Crippen molar-refractivity contribution in [3.05, 3.63) is 105 Å². The Morgan fingerprint density at radius 3 is 2.25 bits per heavy atom. The topological polar surface area (TPSA) is 74.8 Å². The Morgan fingerprint density at radius 2 is 1.50 bits per heavy atom. The summed E-state index contributed by atoms with van der Waals surface area (Å²) in [5, 5.41) is 1.11. The van der Waals surface area contributed by atoms with Crippen LogP contribution in [0.2, 0.25) is 5.02 Å². The van der Waals surface area contributed by atoms with Crippen molar-refractivity contribution >= 4 is 44.8 Å². The second-order valence-corrected chi connectivity index (χ2v) is 9.09. The first-order valence-corrected chi connectivity index (χ1v) is 11.9. The maximum atomic E-state index is 14.0. The summed E-state index contributed by atoms with van der Waals surface area (Å²) in [5.41, 5.74) is 4.96. The number of hydrogen-bond donors (Lipinski definition) is 0. The van der Waals surface area contributed by atoms with Gasteiger partial charge in [-0.2, -0.15) is 0 Å². The minimum atomic E-state index is -0.152. The second-order valence-electron chi connectivity index (χ2n) is 8.66. The molecule has 36 heavy (non-hydrogen) atoms. The van der Waals surface area contributed by atoms with Gasteiger partial charge in [-0.1, -0.05) is 54.1 Å². The molecule has 6 rings (SSSR count). The molecule has 0 N–H and O–H groups in total. The van der Waals surface area contributed by atoms with Crippen LogP contribution < -0.4 is 10.3 Å². The first kappa shape index (κ1) is 22.2. The van der Waals surface area contributed by atoms with Crippen LogP contribution in [0.3, 0.4) is 0 Å². The first-order chi connectivity index (χ1) is 17.5. The van der Waals surface area contributed by atoms with Crippen molar-refractivity contribution in [2.75, 3.05) is 7.11 Å². The van der Waals surface area contributed by atoms with Crippen molar-refractivity contribution in [2.24, 2.45) is 0 Å². The molecule has 0 radical (unpaired) electrons. The zero-order chi connectivity index (χ0) is 24.8. The zero-order valence-electron chi connectivity index (χ0n) is 19.8. The molecule has 3 heterocycles. The molecule has 0 spiro atoms. The van der Waals surface area contributed by atoms with Gasteiger partial charge in [-0.25, -0.2) is 15.0 Å². The summed E-state index contributed by atoms with van der Waals surface area (Å²) in [6.45, 7) is 2.66. The van der Waals surface area contributed by atoms with Gasteiger partial charge in [-0.15, -0.1) is 0 Å². The minimum absolute atomic E-state index is 0.152. The predicted molar refractivity (Wildman–Crippen MR) is 142 cm³/mol. The standard InChI is InChI=1S/C28H22ClN5O2/c1-17-30-26-24(28(35)33(17)15-18-11-13-20(29)14-12-18)25-27(32-22-9-5-4-8-21(22)31-25)34(26)16-19-7-3-6-10-23(19)36-2/h3-14H,15-16H2,1-2H3. The Hall–Kier alpha value is -4.23. The summed E-state index contributed by atoms with van der Waals surface area (Å²) in [7, 11) is 1.65. The Kier molecular flexibility index (Phi) is 5.42. The van der Waals surface area contributed by atoms with Crippen molar-refractivity contribution in [1.29, 1.82) is 0 Å². The van der Waals surface area contributed by atoms with Gasteiger partial charge in [0.05, 0.1) is 31.2 Å². The molecule has 8 heteroatoms. The monoisotopic (exact) mass is 495 g/mol. The van der Waals surface area contributed by atoms with Crippen LogP contribution in [0.1, 0.15) is 17.0 Å². The van der Waals surface area contributed by atoms with Crippen molar-refractivity contribution < 1.29 is 4.74 Å². The molecule has 0 atom stereocenters. The fraction of sp³-hybridized carbons (Fsp3) is 0.143. The maximum Gasteiger partial charge on any atom is 0.265 e. The Labute approximate surface area is 211 Å². The fourth-order valence-electron chi connectivity index (χ4n) is 4.61. The molecule has 0 saturated carbocycles. The molecule has 0 amide bonds. The van der Waals surface area contributed by atoms with Gasteiger partial charge in [0.1, 0.15) is 22.5 Å². The SMILES string of the molecule is COc1ccccc1Cn1c2nc3ccccc3nc2c2c(=O)n(Cc3ccc(Cl)cc3)c(C)nc21. The van der Waals surface area contributed by atoms with E-state index in [1.807, 2.05) is 84.3 Å². The Balaban J connectivity index is 1.64. The lowest BCUT2D eigenvalue weighted by Crippen LogP contribution is -2.24. The number of halogens is 1. The average molecular weight is 496 g/mol. The lowest BCUT2D eigenvalue weighted by molar-refractivity contribution is 0.409. The number of hydrogen-bond acceptors (Lipinski definition) is 5. The van der Waals surface area contributed by atoms with Crippen LogP contribution >= 0.6 is 11.6 Å². The molecular formula is C28H22ClN5O2. The summed E-state index contributed by atoms with van der Waals surface area (Å²) in [4.78, 5) is 28.7. The van der Waals surface area contributed by atoms with Crippen molar-refractivity contribution in [3.8, 4) is 5.75 Å². The van der Waals surface area contributed by atoms with Crippen molar-refractivity contribution in [1.82, 2.24) is 24.1 Å². The van der Waals surface area contributed by atoms with Gasteiger partial charge in [0.15, 0.2) is 11.3 Å². The maximum absolute atomic E-state index is 14.0. The van der Waals surface area contributed by atoms with Crippen LogP contribution in [-0.2, 0) is 13.1 Å². The van der Waals surface area contributed by atoms with E-state index in [1.165, 1.54) is 0 Å². The van der Waals surface area contributed by atoms with Gasteiger partial charge >= 0.3 is 0 Å². The molecule has 6 aromatic rings. The van der Waals surface area contributed by atoms with E-state index in [4.69, 9.17) is 31.3 Å². The van der Waals surface area contributed by atoms with E-state index in [1.54, 1.807) is 11.7 Å². The number of ether oxygens (including phenoxy) is 1. The highest BCUT2D eigenvalue weighted by Crippen LogP contribution is 2.28. The van der Waals surface area contributed by atoms with Gasteiger partial charge in [0.25, 0.3) is 5.56 Å². The number of para-hydroxylation sites is 3. The summed E-state index contributed by atoms with van der Waals surface area (Å²) >= 11 is 6.05.